The second kappa shape index (κ2) is 4.78. The number of alkyl halides is 3. The molecule has 0 N–H and O–H groups in total. The Morgan fingerprint density at radius 1 is 1.29 bits per heavy atom. The molecule has 0 spiro atoms. The van der Waals surface area contributed by atoms with E-state index < -0.39 is 11.9 Å². The summed E-state index contributed by atoms with van der Waals surface area (Å²) in [6.07, 6.45) is -0.998. The molecule has 2 atom stereocenters. The Labute approximate surface area is 135 Å². The Morgan fingerprint density at radius 3 is 2.62 bits per heavy atom. The quantitative estimate of drug-likeness (QED) is 0.841. The van der Waals surface area contributed by atoms with Gasteiger partial charge in [0, 0.05) is 25.6 Å². The van der Waals surface area contributed by atoms with E-state index in [4.69, 9.17) is 0 Å². The number of hydrogen-bond donors (Lipinski definition) is 0. The molecular weight excluding hydrogens is 323 g/mol. The molecule has 1 saturated carbocycles. The Balaban J connectivity index is 1.79. The summed E-state index contributed by atoms with van der Waals surface area (Å²) < 4.78 is 39.4. The first-order valence-corrected chi connectivity index (χ1v) is 7.50. The molecule has 2 aromatic heterocycles. The van der Waals surface area contributed by atoms with Gasteiger partial charge in [0.2, 0.25) is 0 Å². The smallest absolute Gasteiger partial charge is 0.343 e. The predicted octanol–water partition coefficient (Wildman–Crippen LogP) is 2.04. The van der Waals surface area contributed by atoms with Crippen LogP contribution in [0.2, 0.25) is 0 Å². The van der Waals surface area contributed by atoms with E-state index >= 15 is 0 Å². The minimum absolute atomic E-state index is 0.199. The summed E-state index contributed by atoms with van der Waals surface area (Å²) in [6.45, 7) is 0. The van der Waals surface area contributed by atoms with Crippen molar-refractivity contribution in [3.05, 3.63) is 35.0 Å². The summed E-state index contributed by atoms with van der Waals surface area (Å²) in [7, 11) is 3.28. The fourth-order valence-electron chi connectivity index (χ4n) is 3.25. The van der Waals surface area contributed by atoms with Crippen LogP contribution in [0, 0.1) is 5.92 Å². The maximum Gasteiger partial charge on any atom is 0.434 e. The number of fused-ring (bicyclic) bond motifs is 3. The maximum atomic E-state index is 12.6. The molecule has 0 aliphatic heterocycles. The summed E-state index contributed by atoms with van der Waals surface area (Å²) in [5.74, 6) is 0.788. The standard InChI is InChI=1S/C15H14F3N5O/c1-22(2)14(24)12-9-4-7-3-8(7)13(9)23(21-12)11-6-19-10(5-20-11)15(16,17)18/h5-8H,3-4H2,1-2H3/t7-,8-/m1/s1. The van der Waals surface area contributed by atoms with Crippen LogP contribution in [0.25, 0.3) is 5.82 Å². The molecule has 2 aromatic rings. The minimum Gasteiger partial charge on any atom is -0.343 e. The zero-order valence-electron chi connectivity index (χ0n) is 13.0. The molecule has 6 nitrogen and oxygen atoms in total. The maximum absolute atomic E-state index is 12.6. The van der Waals surface area contributed by atoms with Crippen LogP contribution in [0.3, 0.4) is 0 Å². The van der Waals surface area contributed by atoms with Gasteiger partial charge in [-0.3, -0.25) is 4.79 Å². The van der Waals surface area contributed by atoms with Crippen molar-refractivity contribution in [3.63, 3.8) is 0 Å². The third-order valence-corrected chi connectivity index (χ3v) is 4.52. The van der Waals surface area contributed by atoms with Gasteiger partial charge in [-0.15, -0.1) is 0 Å². The lowest BCUT2D eigenvalue weighted by Gasteiger charge is -2.09. The number of aromatic nitrogens is 4. The summed E-state index contributed by atoms with van der Waals surface area (Å²) in [4.78, 5) is 21.1. The van der Waals surface area contributed by atoms with Crippen LogP contribution in [0.15, 0.2) is 12.4 Å². The van der Waals surface area contributed by atoms with E-state index in [1.807, 2.05) is 0 Å². The number of rotatable bonds is 2. The zero-order chi connectivity index (χ0) is 17.2. The highest BCUT2D eigenvalue weighted by Crippen LogP contribution is 2.57. The molecule has 2 aliphatic rings. The number of hydrogen-bond acceptors (Lipinski definition) is 4. The average molecular weight is 337 g/mol. The van der Waals surface area contributed by atoms with E-state index in [0.29, 0.717) is 23.7 Å². The summed E-state index contributed by atoms with van der Waals surface area (Å²) in [6, 6.07) is 0. The highest BCUT2D eigenvalue weighted by Gasteiger charge is 2.50. The molecule has 24 heavy (non-hydrogen) atoms. The average Bonchev–Trinajstić information content (AvgIpc) is 3.02. The number of nitrogens with zero attached hydrogens (tertiary/aromatic N) is 5. The van der Waals surface area contributed by atoms with Crippen molar-refractivity contribution in [1.82, 2.24) is 24.6 Å². The molecule has 9 heteroatoms. The molecule has 0 bridgehead atoms. The Kier molecular flexibility index (Phi) is 3.01. The SMILES string of the molecule is CN(C)C(=O)c1nn(-c2cnc(C(F)(F)F)cn2)c2c1C[C@H]1C[C@@H]21. The van der Waals surface area contributed by atoms with E-state index in [9.17, 15) is 18.0 Å². The molecule has 0 unspecified atom stereocenters. The third-order valence-electron chi connectivity index (χ3n) is 4.52. The number of halogens is 3. The van der Waals surface area contributed by atoms with E-state index in [1.165, 1.54) is 9.58 Å². The second-order valence-corrected chi connectivity index (χ2v) is 6.39. The molecule has 1 amide bonds. The number of amides is 1. The Hall–Kier alpha value is -2.45. The van der Waals surface area contributed by atoms with Gasteiger partial charge in [0.05, 0.1) is 18.1 Å². The van der Waals surface area contributed by atoms with Crippen molar-refractivity contribution in [2.45, 2.75) is 24.9 Å². The van der Waals surface area contributed by atoms with Crippen LogP contribution >= 0.6 is 0 Å². The highest BCUT2D eigenvalue weighted by atomic mass is 19.4. The van der Waals surface area contributed by atoms with Crippen LogP contribution in [-0.4, -0.2) is 44.7 Å². The molecule has 2 aliphatic carbocycles. The number of carbonyl (C=O) groups excluding carboxylic acids is 1. The Bertz CT molecular complexity index is 825. The predicted molar refractivity (Wildman–Crippen MR) is 76.7 cm³/mol. The van der Waals surface area contributed by atoms with Crippen molar-refractivity contribution < 1.29 is 18.0 Å². The van der Waals surface area contributed by atoms with Crippen LogP contribution in [0.5, 0.6) is 0 Å². The molecule has 126 valence electrons. The molecule has 0 radical (unpaired) electrons. The zero-order valence-corrected chi connectivity index (χ0v) is 13.0. The van der Waals surface area contributed by atoms with Crippen LogP contribution < -0.4 is 0 Å². The third kappa shape index (κ3) is 2.18. The van der Waals surface area contributed by atoms with Gasteiger partial charge in [0.25, 0.3) is 5.91 Å². The first-order valence-electron chi connectivity index (χ1n) is 7.50. The monoisotopic (exact) mass is 337 g/mol. The van der Waals surface area contributed by atoms with Gasteiger partial charge >= 0.3 is 6.18 Å². The second-order valence-electron chi connectivity index (χ2n) is 6.39. The van der Waals surface area contributed by atoms with E-state index in [-0.39, 0.29) is 11.7 Å². The van der Waals surface area contributed by atoms with Gasteiger partial charge in [-0.2, -0.15) is 18.3 Å². The molecule has 1 fully saturated rings. The lowest BCUT2D eigenvalue weighted by Crippen LogP contribution is -2.23. The van der Waals surface area contributed by atoms with E-state index in [2.05, 4.69) is 15.1 Å². The van der Waals surface area contributed by atoms with Gasteiger partial charge in [0.15, 0.2) is 17.2 Å². The fraction of sp³-hybridized carbons (Fsp3) is 0.467. The van der Waals surface area contributed by atoms with Gasteiger partial charge in [0.1, 0.15) is 0 Å². The minimum atomic E-state index is -4.54. The van der Waals surface area contributed by atoms with Gasteiger partial charge in [-0.05, 0) is 18.8 Å². The highest BCUT2D eigenvalue weighted by molar-refractivity contribution is 5.94. The van der Waals surface area contributed by atoms with Crippen molar-refractivity contribution in [3.8, 4) is 5.82 Å². The lowest BCUT2D eigenvalue weighted by atomic mass is 10.1. The van der Waals surface area contributed by atoms with Crippen LogP contribution in [0.4, 0.5) is 13.2 Å². The van der Waals surface area contributed by atoms with Gasteiger partial charge in [-0.25, -0.2) is 14.6 Å². The van der Waals surface area contributed by atoms with Gasteiger partial charge < -0.3 is 4.90 Å². The normalized spacial score (nSPS) is 21.4. The van der Waals surface area contributed by atoms with Crippen molar-refractivity contribution in [2.75, 3.05) is 14.1 Å². The van der Waals surface area contributed by atoms with Crippen LogP contribution in [0.1, 0.15) is 39.8 Å². The topological polar surface area (TPSA) is 63.9 Å². The molecule has 0 saturated heterocycles. The van der Waals surface area contributed by atoms with E-state index in [0.717, 1.165) is 30.3 Å². The van der Waals surface area contributed by atoms with Crippen molar-refractivity contribution in [1.29, 1.82) is 0 Å². The molecule has 2 heterocycles. The molecular formula is C15H14F3N5O. The van der Waals surface area contributed by atoms with Crippen molar-refractivity contribution in [2.24, 2.45) is 5.92 Å². The molecule has 0 aromatic carbocycles. The van der Waals surface area contributed by atoms with E-state index in [1.54, 1.807) is 14.1 Å². The first kappa shape index (κ1) is 15.1. The lowest BCUT2D eigenvalue weighted by molar-refractivity contribution is -0.141. The summed E-state index contributed by atoms with van der Waals surface area (Å²) in [5.41, 5.74) is 1.07. The van der Waals surface area contributed by atoms with Crippen molar-refractivity contribution >= 4 is 5.91 Å². The number of carbonyl (C=O) groups is 1. The summed E-state index contributed by atoms with van der Waals surface area (Å²) in [5, 5.41) is 4.33. The Morgan fingerprint density at radius 2 is 2.04 bits per heavy atom. The largest absolute Gasteiger partial charge is 0.434 e. The van der Waals surface area contributed by atoms with Gasteiger partial charge in [-0.1, -0.05) is 0 Å². The fourth-order valence-corrected chi connectivity index (χ4v) is 3.25. The summed E-state index contributed by atoms with van der Waals surface area (Å²) >= 11 is 0. The first-order chi connectivity index (χ1) is 11.3. The molecule has 4 rings (SSSR count). The van der Waals surface area contributed by atoms with Crippen LogP contribution in [-0.2, 0) is 12.6 Å².